The largest absolute Gasteiger partial charge is 0.392 e. The van der Waals surface area contributed by atoms with Crippen molar-refractivity contribution in [2.24, 2.45) is 5.92 Å². The molecule has 2 aliphatic rings. The topological polar surface area (TPSA) is 29.5 Å². The van der Waals surface area contributed by atoms with E-state index in [1.807, 2.05) is 0 Å². The molecule has 2 fully saturated rings. The number of aliphatic hydroxyl groups is 1. The highest BCUT2D eigenvalue weighted by Gasteiger charge is 2.41. The van der Waals surface area contributed by atoms with Gasteiger partial charge in [0.1, 0.15) is 0 Å². The fourth-order valence-electron chi connectivity index (χ4n) is 3.89. The van der Waals surface area contributed by atoms with E-state index in [1.165, 1.54) is 36.8 Å². The van der Waals surface area contributed by atoms with Crippen molar-refractivity contribution in [3.8, 4) is 0 Å². The van der Waals surface area contributed by atoms with Gasteiger partial charge in [0.25, 0.3) is 0 Å². The summed E-state index contributed by atoms with van der Waals surface area (Å²) in [4.78, 5) is 0. The number of ether oxygens (including phenoxy) is 1. The third kappa shape index (κ3) is 3.07. The summed E-state index contributed by atoms with van der Waals surface area (Å²) < 4.78 is 6.06. The molecular formula is C18H26O2. The van der Waals surface area contributed by atoms with Gasteiger partial charge in [0, 0.05) is 6.61 Å². The molecule has 1 spiro atoms. The Labute approximate surface area is 122 Å². The SMILES string of the molecule is Cc1ccc(CC(O)C2CCOC3(CCCC3)C2)cc1. The lowest BCUT2D eigenvalue weighted by Gasteiger charge is -2.40. The first kappa shape index (κ1) is 14.1. The average molecular weight is 274 g/mol. The molecule has 2 heteroatoms. The number of benzene rings is 1. The molecule has 0 bridgehead atoms. The summed E-state index contributed by atoms with van der Waals surface area (Å²) in [5, 5.41) is 10.6. The average Bonchev–Trinajstić information content (AvgIpc) is 2.89. The Hall–Kier alpha value is -0.860. The minimum atomic E-state index is -0.223. The monoisotopic (exact) mass is 274 g/mol. The molecule has 20 heavy (non-hydrogen) atoms. The van der Waals surface area contributed by atoms with Crippen molar-refractivity contribution in [1.29, 1.82) is 0 Å². The minimum Gasteiger partial charge on any atom is -0.392 e. The van der Waals surface area contributed by atoms with Crippen molar-refractivity contribution < 1.29 is 9.84 Å². The molecule has 1 saturated heterocycles. The lowest BCUT2D eigenvalue weighted by Crippen LogP contribution is -2.41. The maximum Gasteiger partial charge on any atom is 0.0686 e. The lowest BCUT2D eigenvalue weighted by molar-refractivity contribution is -0.112. The van der Waals surface area contributed by atoms with Crippen LogP contribution in [0.3, 0.4) is 0 Å². The van der Waals surface area contributed by atoms with Gasteiger partial charge in [0.15, 0.2) is 0 Å². The predicted octanol–water partition coefficient (Wildman–Crippen LogP) is 3.64. The van der Waals surface area contributed by atoms with Crippen LogP contribution >= 0.6 is 0 Å². The number of rotatable bonds is 3. The minimum absolute atomic E-state index is 0.108. The highest BCUT2D eigenvalue weighted by Crippen LogP contribution is 2.43. The van der Waals surface area contributed by atoms with E-state index in [2.05, 4.69) is 31.2 Å². The highest BCUT2D eigenvalue weighted by atomic mass is 16.5. The zero-order chi connectivity index (χ0) is 14.0. The maximum absolute atomic E-state index is 10.6. The first-order chi connectivity index (χ1) is 9.67. The van der Waals surface area contributed by atoms with Crippen LogP contribution in [0, 0.1) is 12.8 Å². The third-order valence-corrected chi connectivity index (χ3v) is 5.16. The van der Waals surface area contributed by atoms with Crippen molar-refractivity contribution in [2.75, 3.05) is 6.61 Å². The van der Waals surface area contributed by atoms with E-state index >= 15 is 0 Å². The number of hydrogen-bond acceptors (Lipinski definition) is 2. The summed E-state index contributed by atoms with van der Waals surface area (Å²) in [6.07, 6.45) is 7.60. The van der Waals surface area contributed by atoms with E-state index in [9.17, 15) is 5.11 Å². The van der Waals surface area contributed by atoms with Crippen LogP contribution in [0.15, 0.2) is 24.3 Å². The second-order valence-electron chi connectivity index (χ2n) is 6.75. The zero-order valence-electron chi connectivity index (χ0n) is 12.5. The summed E-state index contributed by atoms with van der Waals surface area (Å²) in [7, 11) is 0. The van der Waals surface area contributed by atoms with Crippen molar-refractivity contribution >= 4 is 0 Å². The Kier molecular flexibility index (Phi) is 4.13. The molecule has 2 unspecified atom stereocenters. The first-order valence-electron chi connectivity index (χ1n) is 8.04. The van der Waals surface area contributed by atoms with Crippen molar-refractivity contribution in [3.05, 3.63) is 35.4 Å². The van der Waals surface area contributed by atoms with Gasteiger partial charge in [-0.2, -0.15) is 0 Å². The second-order valence-corrected chi connectivity index (χ2v) is 6.75. The molecule has 3 rings (SSSR count). The number of aliphatic hydroxyl groups excluding tert-OH is 1. The standard InChI is InChI=1S/C18H26O2/c1-14-4-6-15(7-5-14)12-17(19)16-8-11-20-18(13-16)9-2-3-10-18/h4-7,16-17,19H,2-3,8-13H2,1H3. The number of hydrogen-bond donors (Lipinski definition) is 1. The molecule has 110 valence electrons. The van der Waals surface area contributed by atoms with Gasteiger partial charge in [-0.3, -0.25) is 0 Å². The van der Waals surface area contributed by atoms with Gasteiger partial charge >= 0.3 is 0 Å². The Bertz CT molecular complexity index is 431. The Morgan fingerprint density at radius 1 is 1.25 bits per heavy atom. The Morgan fingerprint density at radius 2 is 1.95 bits per heavy atom. The van der Waals surface area contributed by atoms with E-state index in [-0.39, 0.29) is 11.7 Å². The molecule has 0 aromatic heterocycles. The molecule has 1 aliphatic carbocycles. The van der Waals surface area contributed by atoms with Gasteiger partial charge in [-0.1, -0.05) is 42.7 Å². The van der Waals surface area contributed by atoms with E-state index in [4.69, 9.17) is 4.74 Å². The van der Waals surface area contributed by atoms with Crippen LogP contribution in [-0.4, -0.2) is 23.4 Å². The highest BCUT2D eigenvalue weighted by molar-refractivity contribution is 5.22. The van der Waals surface area contributed by atoms with Crippen molar-refractivity contribution in [1.82, 2.24) is 0 Å². The molecule has 2 atom stereocenters. The predicted molar refractivity (Wildman–Crippen MR) is 80.8 cm³/mol. The van der Waals surface area contributed by atoms with Crippen LogP contribution < -0.4 is 0 Å². The summed E-state index contributed by atoms with van der Waals surface area (Å²) in [6.45, 7) is 2.93. The maximum atomic E-state index is 10.6. The second kappa shape index (κ2) is 5.87. The van der Waals surface area contributed by atoms with Gasteiger partial charge in [0.05, 0.1) is 11.7 Å². The van der Waals surface area contributed by atoms with Crippen LogP contribution in [0.25, 0.3) is 0 Å². The van der Waals surface area contributed by atoms with E-state index < -0.39 is 0 Å². The molecule has 1 N–H and O–H groups in total. The van der Waals surface area contributed by atoms with Crippen LogP contribution in [0.1, 0.15) is 49.7 Å². The van der Waals surface area contributed by atoms with E-state index in [1.54, 1.807) is 0 Å². The molecule has 0 radical (unpaired) electrons. The fourth-order valence-corrected chi connectivity index (χ4v) is 3.89. The summed E-state index contributed by atoms with van der Waals surface area (Å²) in [5.41, 5.74) is 2.63. The van der Waals surface area contributed by atoms with E-state index in [0.717, 1.165) is 25.9 Å². The van der Waals surface area contributed by atoms with Gasteiger partial charge in [-0.25, -0.2) is 0 Å². The third-order valence-electron chi connectivity index (χ3n) is 5.16. The Morgan fingerprint density at radius 3 is 2.65 bits per heavy atom. The van der Waals surface area contributed by atoms with Crippen LogP contribution in [0.4, 0.5) is 0 Å². The van der Waals surface area contributed by atoms with Crippen LogP contribution in [-0.2, 0) is 11.2 Å². The molecule has 1 heterocycles. The molecule has 2 nitrogen and oxygen atoms in total. The molecule has 0 amide bonds. The van der Waals surface area contributed by atoms with Gasteiger partial charge in [0.2, 0.25) is 0 Å². The normalized spacial score (nSPS) is 26.8. The molecule has 1 saturated carbocycles. The van der Waals surface area contributed by atoms with Crippen LogP contribution in [0.5, 0.6) is 0 Å². The van der Waals surface area contributed by atoms with Gasteiger partial charge in [-0.05, 0) is 50.5 Å². The lowest BCUT2D eigenvalue weighted by atomic mass is 9.80. The van der Waals surface area contributed by atoms with Gasteiger partial charge < -0.3 is 9.84 Å². The quantitative estimate of drug-likeness (QED) is 0.912. The fraction of sp³-hybridized carbons (Fsp3) is 0.667. The Balaban J connectivity index is 1.61. The molecule has 1 aromatic carbocycles. The van der Waals surface area contributed by atoms with Crippen molar-refractivity contribution in [3.63, 3.8) is 0 Å². The first-order valence-corrected chi connectivity index (χ1v) is 8.04. The molecular weight excluding hydrogens is 248 g/mol. The summed E-state index contributed by atoms with van der Waals surface area (Å²) in [6, 6.07) is 8.54. The van der Waals surface area contributed by atoms with Crippen molar-refractivity contribution in [2.45, 2.75) is 63.6 Å². The van der Waals surface area contributed by atoms with Crippen LogP contribution in [0.2, 0.25) is 0 Å². The molecule has 1 aromatic rings. The van der Waals surface area contributed by atoms with Gasteiger partial charge in [-0.15, -0.1) is 0 Å². The molecule has 1 aliphatic heterocycles. The number of aryl methyl sites for hydroxylation is 1. The summed E-state index contributed by atoms with van der Waals surface area (Å²) >= 11 is 0. The smallest absolute Gasteiger partial charge is 0.0686 e. The summed E-state index contributed by atoms with van der Waals surface area (Å²) in [5.74, 6) is 0.406. The van der Waals surface area contributed by atoms with E-state index in [0.29, 0.717) is 5.92 Å². The zero-order valence-corrected chi connectivity index (χ0v) is 12.5.